The molecular weight excluding hydrogens is 386 g/mol. The second-order valence-corrected chi connectivity index (χ2v) is 7.70. The highest BCUT2D eigenvalue weighted by molar-refractivity contribution is 6.01. The van der Waals surface area contributed by atoms with Crippen LogP contribution >= 0.6 is 0 Å². The summed E-state index contributed by atoms with van der Waals surface area (Å²) in [5.41, 5.74) is -0.647. The van der Waals surface area contributed by atoms with Crippen LogP contribution in [0.15, 0.2) is 53.6 Å². The van der Waals surface area contributed by atoms with Gasteiger partial charge in [0, 0.05) is 30.9 Å². The number of aromatic nitrogens is 2. The van der Waals surface area contributed by atoms with Crippen LogP contribution in [0.5, 0.6) is 5.75 Å². The van der Waals surface area contributed by atoms with Gasteiger partial charge in [-0.25, -0.2) is 4.98 Å². The zero-order valence-corrected chi connectivity index (χ0v) is 16.8. The first-order valence-electron chi connectivity index (χ1n) is 9.47. The van der Waals surface area contributed by atoms with Gasteiger partial charge in [0.1, 0.15) is 0 Å². The summed E-state index contributed by atoms with van der Waals surface area (Å²) in [6.45, 7) is 3.27. The molecule has 8 nitrogen and oxygen atoms in total. The summed E-state index contributed by atoms with van der Waals surface area (Å²) in [5, 5.41) is 22.5. The lowest BCUT2D eigenvalue weighted by Gasteiger charge is -2.19. The lowest BCUT2D eigenvalue weighted by atomic mass is 9.94. The summed E-state index contributed by atoms with van der Waals surface area (Å²) in [6, 6.07) is 11.3. The number of carboxylic acid groups (broad SMARTS) is 1. The zero-order chi connectivity index (χ0) is 21.9. The van der Waals surface area contributed by atoms with Gasteiger partial charge >= 0.3 is 5.97 Å². The van der Waals surface area contributed by atoms with Crippen LogP contribution in [0, 0.1) is 5.41 Å². The van der Waals surface area contributed by atoms with Crippen molar-refractivity contribution < 1.29 is 19.8 Å². The molecule has 0 aliphatic carbocycles. The molecule has 0 spiro atoms. The normalized spacial score (nSPS) is 11.4. The Morgan fingerprint density at radius 3 is 2.50 bits per heavy atom. The number of hydrogen-bond donors (Lipinski definition) is 3. The second kappa shape index (κ2) is 8.36. The van der Waals surface area contributed by atoms with Crippen LogP contribution in [0.2, 0.25) is 0 Å². The summed E-state index contributed by atoms with van der Waals surface area (Å²) in [5.74, 6) is -2.18. The van der Waals surface area contributed by atoms with E-state index >= 15 is 0 Å². The number of hydrogen-bond acceptors (Lipinski definition) is 5. The number of rotatable bonds is 7. The molecule has 0 aliphatic heterocycles. The maximum Gasteiger partial charge on any atom is 0.310 e. The van der Waals surface area contributed by atoms with E-state index in [1.165, 1.54) is 24.6 Å². The van der Waals surface area contributed by atoms with Crippen molar-refractivity contribution in [1.82, 2.24) is 14.9 Å². The average Bonchev–Trinajstić information content (AvgIpc) is 2.73. The minimum Gasteiger partial charge on any atom is -0.505 e. The summed E-state index contributed by atoms with van der Waals surface area (Å²) < 4.78 is 1.53. The summed E-state index contributed by atoms with van der Waals surface area (Å²) >= 11 is 0. The third kappa shape index (κ3) is 4.32. The standard InChI is InChI=1S/C22H23N3O5/c1-22(2,21(29)30)13-24-19(27)17-18(26)15-9-11-25(20(28)16(15)12-23-17)10-8-14-6-4-3-5-7-14/h3-7,9,11-12,26H,8,10,13H2,1-2H3,(H,24,27)(H,29,30). The molecule has 0 unspecified atom stereocenters. The largest absolute Gasteiger partial charge is 0.505 e. The van der Waals surface area contributed by atoms with E-state index in [0.717, 1.165) is 5.56 Å². The van der Waals surface area contributed by atoms with Crippen LogP contribution in [-0.4, -0.2) is 38.2 Å². The van der Waals surface area contributed by atoms with Gasteiger partial charge in [0.2, 0.25) is 0 Å². The van der Waals surface area contributed by atoms with E-state index in [9.17, 15) is 19.5 Å². The maximum absolute atomic E-state index is 12.8. The number of carboxylic acids is 1. The monoisotopic (exact) mass is 409 g/mol. The fourth-order valence-electron chi connectivity index (χ4n) is 2.94. The Morgan fingerprint density at radius 2 is 1.83 bits per heavy atom. The molecule has 1 aromatic carbocycles. The molecule has 3 rings (SSSR count). The number of nitrogens with one attached hydrogen (secondary N) is 1. The van der Waals surface area contributed by atoms with Gasteiger partial charge in [-0.1, -0.05) is 30.3 Å². The molecule has 8 heteroatoms. The minimum absolute atomic E-state index is 0.137. The highest BCUT2D eigenvalue weighted by Crippen LogP contribution is 2.25. The maximum atomic E-state index is 12.8. The van der Waals surface area contributed by atoms with Crippen molar-refractivity contribution >= 4 is 22.6 Å². The van der Waals surface area contributed by atoms with Crippen molar-refractivity contribution in [2.24, 2.45) is 5.41 Å². The fraction of sp³-hybridized carbons (Fsp3) is 0.273. The number of benzene rings is 1. The number of aromatic hydroxyl groups is 1. The fourth-order valence-corrected chi connectivity index (χ4v) is 2.94. The van der Waals surface area contributed by atoms with Gasteiger partial charge in [-0.2, -0.15) is 0 Å². The number of carbonyl (C=O) groups is 2. The second-order valence-electron chi connectivity index (χ2n) is 7.70. The SMILES string of the molecule is CC(C)(CNC(=O)c1ncc2c(=O)n(CCc3ccccc3)ccc2c1O)C(=O)O. The molecule has 0 saturated carbocycles. The Bertz CT molecular complexity index is 1150. The molecule has 2 aromatic heterocycles. The molecule has 3 N–H and O–H groups in total. The van der Waals surface area contributed by atoms with Crippen molar-refractivity contribution in [1.29, 1.82) is 0 Å². The lowest BCUT2D eigenvalue weighted by molar-refractivity contribution is -0.146. The average molecular weight is 409 g/mol. The van der Waals surface area contributed by atoms with Gasteiger partial charge < -0.3 is 20.1 Å². The number of aliphatic carboxylic acids is 1. The molecule has 156 valence electrons. The molecule has 3 aromatic rings. The Kier molecular flexibility index (Phi) is 5.86. The predicted octanol–water partition coefficient (Wildman–Crippen LogP) is 2.19. The summed E-state index contributed by atoms with van der Waals surface area (Å²) in [6.07, 6.45) is 3.50. The molecule has 0 atom stereocenters. The van der Waals surface area contributed by atoms with E-state index in [1.807, 2.05) is 30.3 Å². The van der Waals surface area contributed by atoms with E-state index in [0.29, 0.717) is 13.0 Å². The summed E-state index contributed by atoms with van der Waals surface area (Å²) in [7, 11) is 0. The van der Waals surface area contributed by atoms with Gasteiger partial charge in [-0.3, -0.25) is 14.4 Å². The number of nitrogens with zero attached hydrogens (tertiary/aromatic N) is 2. The van der Waals surface area contributed by atoms with Crippen molar-refractivity contribution in [2.45, 2.75) is 26.8 Å². The highest BCUT2D eigenvalue weighted by atomic mass is 16.4. The lowest BCUT2D eigenvalue weighted by Crippen LogP contribution is -2.39. The number of fused-ring (bicyclic) bond motifs is 1. The van der Waals surface area contributed by atoms with Gasteiger partial charge in [0.15, 0.2) is 11.4 Å². The number of aryl methyl sites for hydroxylation is 2. The first kappa shape index (κ1) is 21.0. The quantitative estimate of drug-likeness (QED) is 0.550. The molecule has 0 fully saturated rings. The van der Waals surface area contributed by atoms with Crippen LogP contribution in [0.1, 0.15) is 29.9 Å². The smallest absolute Gasteiger partial charge is 0.310 e. The Hall–Kier alpha value is -3.68. The molecule has 2 heterocycles. The Labute approximate surface area is 172 Å². The van der Waals surface area contributed by atoms with E-state index < -0.39 is 23.0 Å². The first-order valence-corrected chi connectivity index (χ1v) is 9.47. The van der Waals surface area contributed by atoms with Gasteiger partial charge in [0.25, 0.3) is 11.5 Å². The molecule has 30 heavy (non-hydrogen) atoms. The highest BCUT2D eigenvalue weighted by Gasteiger charge is 2.28. The van der Waals surface area contributed by atoms with Crippen LogP contribution < -0.4 is 10.9 Å². The predicted molar refractivity (Wildman–Crippen MR) is 112 cm³/mol. The third-order valence-electron chi connectivity index (χ3n) is 4.97. The molecule has 0 radical (unpaired) electrons. The summed E-state index contributed by atoms with van der Waals surface area (Å²) in [4.78, 5) is 40.3. The number of amides is 1. The minimum atomic E-state index is -1.17. The Balaban J connectivity index is 1.83. The van der Waals surface area contributed by atoms with Crippen LogP contribution in [0.4, 0.5) is 0 Å². The molecule has 0 bridgehead atoms. The van der Waals surface area contributed by atoms with Crippen LogP contribution in [0.25, 0.3) is 10.8 Å². The molecule has 0 saturated heterocycles. The third-order valence-corrected chi connectivity index (χ3v) is 4.97. The number of carbonyl (C=O) groups excluding carboxylic acids is 1. The van der Waals surface area contributed by atoms with Gasteiger partial charge in [-0.05, 0) is 31.9 Å². The van der Waals surface area contributed by atoms with E-state index in [2.05, 4.69) is 10.3 Å². The topological polar surface area (TPSA) is 122 Å². The Morgan fingerprint density at radius 1 is 1.13 bits per heavy atom. The van der Waals surface area contributed by atoms with Crippen molar-refractivity contribution in [3.05, 3.63) is 70.4 Å². The van der Waals surface area contributed by atoms with Crippen molar-refractivity contribution in [3.63, 3.8) is 0 Å². The van der Waals surface area contributed by atoms with E-state index in [1.54, 1.807) is 12.3 Å². The van der Waals surface area contributed by atoms with Crippen molar-refractivity contribution in [3.8, 4) is 5.75 Å². The van der Waals surface area contributed by atoms with Gasteiger partial charge in [-0.15, -0.1) is 0 Å². The zero-order valence-electron chi connectivity index (χ0n) is 16.8. The number of pyridine rings is 2. The van der Waals surface area contributed by atoms with Crippen LogP contribution in [-0.2, 0) is 17.8 Å². The van der Waals surface area contributed by atoms with Gasteiger partial charge in [0.05, 0.1) is 10.8 Å². The van der Waals surface area contributed by atoms with Crippen LogP contribution in [0.3, 0.4) is 0 Å². The van der Waals surface area contributed by atoms with Crippen molar-refractivity contribution in [2.75, 3.05) is 6.54 Å². The van der Waals surface area contributed by atoms with E-state index in [-0.39, 0.29) is 28.6 Å². The molecular formula is C22H23N3O5. The first-order chi connectivity index (χ1) is 14.2. The molecule has 0 aliphatic rings. The molecule has 1 amide bonds. The van der Waals surface area contributed by atoms with E-state index in [4.69, 9.17) is 5.11 Å².